The zero-order valence-electron chi connectivity index (χ0n) is 9.84. The van der Waals surface area contributed by atoms with Gasteiger partial charge in [0.1, 0.15) is 0 Å². The molecule has 3 nitrogen and oxygen atoms in total. The van der Waals surface area contributed by atoms with Gasteiger partial charge < -0.3 is 15.3 Å². The highest BCUT2D eigenvalue weighted by atomic mass is 16.3. The van der Waals surface area contributed by atoms with Crippen LogP contribution in [0.1, 0.15) is 32.6 Å². The molecule has 2 saturated heterocycles. The van der Waals surface area contributed by atoms with Crippen molar-refractivity contribution in [2.45, 2.75) is 38.1 Å². The summed E-state index contributed by atoms with van der Waals surface area (Å²) in [6, 6.07) is 0. The van der Waals surface area contributed by atoms with Gasteiger partial charge in [-0.15, -0.1) is 0 Å². The van der Waals surface area contributed by atoms with Crippen molar-refractivity contribution < 1.29 is 5.11 Å². The Morgan fingerprint density at radius 3 is 2.87 bits per heavy atom. The highest BCUT2D eigenvalue weighted by molar-refractivity contribution is 4.99. The van der Waals surface area contributed by atoms with Crippen molar-refractivity contribution in [1.82, 2.24) is 10.2 Å². The van der Waals surface area contributed by atoms with Crippen LogP contribution in [0.15, 0.2) is 0 Å². The molecule has 0 spiro atoms. The number of hydrogen-bond donors (Lipinski definition) is 2. The molecule has 2 atom stereocenters. The Morgan fingerprint density at radius 2 is 2.33 bits per heavy atom. The minimum atomic E-state index is 0.0438. The van der Waals surface area contributed by atoms with E-state index >= 15 is 0 Å². The smallest absolute Gasteiger partial charge is 0.0616 e. The third-order valence-electron chi connectivity index (χ3n) is 4.31. The maximum atomic E-state index is 9.68. The predicted molar refractivity (Wildman–Crippen MR) is 61.9 cm³/mol. The molecule has 0 aromatic rings. The quantitative estimate of drug-likeness (QED) is 0.727. The van der Waals surface area contributed by atoms with Gasteiger partial charge in [-0.25, -0.2) is 0 Å². The number of aliphatic hydroxyl groups is 1. The van der Waals surface area contributed by atoms with Crippen LogP contribution in [0.25, 0.3) is 0 Å². The van der Waals surface area contributed by atoms with E-state index in [4.69, 9.17) is 0 Å². The molecule has 0 saturated carbocycles. The first-order chi connectivity index (χ1) is 7.30. The van der Waals surface area contributed by atoms with Crippen LogP contribution in [0.5, 0.6) is 0 Å². The third-order valence-corrected chi connectivity index (χ3v) is 4.31. The minimum Gasteiger partial charge on any atom is -0.394 e. The summed E-state index contributed by atoms with van der Waals surface area (Å²) in [6.45, 7) is 7.16. The van der Waals surface area contributed by atoms with Gasteiger partial charge in [0.15, 0.2) is 0 Å². The van der Waals surface area contributed by atoms with Crippen LogP contribution in [0.2, 0.25) is 0 Å². The molecule has 2 aliphatic heterocycles. The van der Waals surface area contributed by atoms with Crippen LogP contribution in [0.3, 0.4) is 0 Å². The lowest BCUT2D eigenvalue weighted by Crippen LogP contribution is -2.57. The Bertz CT molecular complexity index is 202. The van der Waals surface area contributed by atoms with Crippen molar-refractivity contribution in [2.24, 2.45) is 5.92 Å². The summed E-state index contributed by atoms with van der Waals surface area (Å²) in [5.41, 5.74) is 0.0438. The van der Waals surface area contributed by atoms with Gasteiger partial charge in [-0.2, -0.15) is 0 Å². The minimum absolute atomic E-state index is 0.0438. The molecule has 88 valence electrons. The van der Waals surface area contributed by atoms with Crippen LogP contribution < -0.4 is 5.32 Å². The Kier molecular flexibility index (Phi) is 3.65. The van der Waals surface area contributed by atoms with Gasteiger partial charge in [0.25, 0.3) is 0 Å². The molecular formula is C12H24N2O. The number of likely N-dealkylation sites (tertiary alicyclic amines) is 1. The van der Waals surface area contributed by atoms with Gasteiger partial charge in [0.05, 0.1) is 6.61 Å². The monoisotopic (exact) mass is 212 g/mol. The van der Waals surface area contributed by atoms with E-state index in [0.717, 1.165) is 19.5 Å². The second kappa shape index (κ2) is 4.81. The summed E-state index contributed by atoms with van der Waals surface area (Å²) >= 11 is 0. The zero-order chi connectivity index (χ0) is 10.7. The SMILES string of the molecule is CCN1CCC(C2(CO)CCCCN2)C1. The molecule has 0 bridgehead atoms. The third kappa shape index (κ3) is 2.19. The number of aliphatic hydroxyl groups excluding tert-OH is 1. The van der Waals surface area contributed by atoms with Crippen molar-refractivity contribution in [2.75, 3.05) is 32.8 Å². The van der Waals surface area contributed by atoms with Gasteiger partial charge in [0.2, 0.25) is 0 Å². The van der Waals surface area contributed by atoms with E-state index in [-0.39, 0.29) is 5.54 Å². The van der Waals surface area contributed by atoms with E-state index in [1.165, 1.54) is 32.4 Å². The zero-order valence-corrected chi connectivity index (χ0v) is 9.84. The van der Waals surface area contributed by atoms with Crippen LogP contribution in [0.4, 0.5) is 0 Å². The van der Waals surface area contributed by atoms with Crippen LogP contribution in [0, 0.1) is 5.92 Å². The number of piperidine rings is 1. The van der Waals surface area contributed by atoms with Crippen LogP contribution >= 0.6 is 0 Å². The molecule has 2 rings (SSSR count). The molecule has 0 aromatic heterocycles. The van der Waals surface area contributed by atoms with E-state index in [9.17, 15) is 5.11 Å². The van der Waals surface area contributed by atoms with Gasteiger partial charge in [0, 0.05) is 12.1 Å². The Balaban J connectivity index is 1.99. The van der Waals surface area contributed by atoms with Crippen LogP contribution in [-0.2, 0) is 0 Å². The van der Waals surface area contributed by atoms with E-state index in [1.807, 2.05) is 0 Å². The molecule has 2 heterocycles. The van der Waals surface area contributed by atoms with Crippen molar-refractivity contribution in [3.05, 3.63) is 0 Å². The van der Waals surface area contributed by atoms with Crippen molar-refractivity contribution >= 4 is 0 Å². The molecule has 15 heavy (non-hydrogen) atoms. The summed E-state index contributed by atoms with van der Waals surface area (Å²) in [5.74, 6) is 0.655. The maximum Gasteiger partial charge on any atom is 0.0616 e. The standard InChI is InChI=1S/C12H24N2O/c1-2-14-8-5-11(9-14)12(10-15)6-3-4-7-13-12/h11,13,15H,2-10H2,1H3. The summed E-state index contributed by atoms with van der Waals surface area (Å²) in [7, 11) is 0. The van der Waals surface area contributed by atoms with Crippen molar-refractivity contribution in [3.63, 3.8) is 0 Å². The fraction of sp³-hybridized carbons (Fsp3) is 1.00. The summed E-state index contributed by atoms with van der Waals surface area (Å²) in [4.78, 5) is 2.50. The molecule has 0 radical (unpaired) electrons. The Labute approximate surface area is 92.8 Å². The molecular weight excluding hydrogens is 188 g/mol. The van der Waals surface area contributed by atoms with E-state index < -0.39 is 0 Å². The molecule has 2 N–H and O–H groups in total. The topological polar surface area (TPSA) is 35.5 Å². The molecule has 2 fully saturated rings. The first kappa shape index (κ1) is 11.4. The second-order valence-electron chi connectivity index (χ2n) is 5.08. The van der Waals surface area contributed by atoms with E-state index in [1.54, 1.807) is 0 Å². The van der Waals surface area contributed by atoms with Gasteiger partial charge in [-0.3, -0.25) is 0 Å². The molecule has 3 heteroatoms. The maximum absolute atomic E-state index is 9.68. The lowest BCUT2D eigenvalue weighted by atomic mass is 9.77. The highest BCUT2D eigenvalue weighted by Gasteiger charge is 2.41. The number of rotatable bonds is 3. The molecule has 2 unspecified atom stereocenters. The molecule has 2 aliphatic rings. The first-order valence-electron chi connectivity index (χ1n) is 6.39. The average Bonchev–Trinajstić information content (AvgIpc) is 2.79. The first-order valence-corrected chi connectivity index (χ1v) is 6.39. The van der Waals surface area contributed by atoms with Gasteiger partial charge in [-0.05, 0) is 44.8 Å². The predicted octanol–water partition coefficient (Wildman–Crippen LogP) is 0.833. The molecule has 0 aliphatic carbocycles. The van der Waals surface area contributed by atoms with Crippen molar-refractivity contribution in [1.29, 1.82) is 0 Å². The summed E-state index contributed by atoms with van der Waals surface area (Å²) in [5, 5.41) is 13.3. The Morgan fingerprint density at radius 1 is 1.47 bits per heavy atom. The van der Waals surface area contributed by atoms with Crippen molar-refractivity contribution in [3.8, 4) is 0 Å². The van der Waals surface area contributed by atoms with Gasteiger partial charge >= 0.3 is 0 Å². The summed E-state index contributed by atoms with van der Waals surface area (Å²) < 4.78 is 0. The normalized spacial score (nSPS) is 38.4. The average molecular weight is 212 g/mol. The number of hydrogen-bond acceptors (Lipinski definition) is 3. The second-order valence-corrected chi connectivity index (χ2v) is 5.08. The van der Waals surface area contributed by atoms with E-state index in [0.29, 0.717) is 12.5 Å². The largest absolute Gasteiger partial charge is 0.394 e. The highest BCUT2D eigenvalue weighted by Crippen LogP contribution is 2.33. The lowest BCUT2D eigenvalue weighted by Gasteiger charge is -2.42. The number of nitrogens with zero attached hydrogens (tertiary/aromatic N) is 1. The van der Waals surface area contributed by atoms with Gasteiger partial charge in [-0.1, -0.05) is 13.3 Å². The van der Waals surface area contributed by atoms with Crippen LogP contribution in [-0.4, -0.2) is 48.3 Å². The van der Waals surface area contributed by atoms with E-state index in [2.05, 4.69) is 17.1 Å². The fourth-order valence-electron chi connectivity index (χ4n) is 3.17. The molecule has 0 aromatic carbocycles. The fourth-order valence-corrected chi connectivity index (χ4v) is 3.17. The summed E-state index contributed by atoms with van der Waals surface area (Å²) in [6.07, 6.45) is 4.95. The Hall–Kier alpha value is -0.120. The lowest BCUT2D eigenvalue weighted by molar-refractivity contribution is 0.0793. The molecule has 0 amide bonds. The number of nitrogens with one attached hydrogen (secondary N) is 1.